The number of hydrogen-bond acceptors (Lipinski definition) is 5. The lowest BCUT2D eigenvalue weighted by Gasteiger charge is -2.03. The predicted octanol–water partition coefficient (Wildman–Crippen LogP) is 3.33. The molecule has 2 aromatic carbocycles. The van der Waals surface area contributed by atoms with E-state index in [1.54, 1.807) is 42.6 Å². The van der Waals surface area contributed by atoms with Crippen molar-refractivity contribution in [1.82, 2.24) is 15.2 Å². The van der Waals surface area contributed by atoms with Crippen molar-refractivity contribution in [2.24, 2.45) is 5.10 Å². The summed E-state index contributed by atoms with van der Waals surface area (Å²) in [6, 6.07) is 11.5. The molecule has 1 aliphatic rings. The van der Waals surface area contributed by atoms with Crippen LogP contribution in [0.4, 0.5) is 4.39 Å². The van der Waals surface area contributed by atoms with Crippen LogP contribution >= 0.6 is 15.9 Å². The Kier molecular flexibility index (Phi) is 5.07. The van der Waals surface area contributed by atoms with Gasteiger partial charge in [-0.05, 0) is 40.2 Å². The molecule has 0 spiro atoms. The summed E-state index contributed by atoms with van der Waals surface area (Å²) in [7, 11) is 0. The summed E-state index contributed by atoms with van der Waals surface area (Å²) in [6.45, 7) is 0.405. The highest BCUT2D eigenvalue weighted by atomic mass is 79.9. The molecule has 0 unspecified atom stereocenters. The van der Waals surface area contributed by atoms with E-state index in [4.69, 9.17) is 9.47 Å². The van der Waals surface area contributed by atoms with Gasteiger partial charge in [-0.2, -0.15) is 10.2 Å². The topological polar surface area (TPSA) is 77.7 Å². The minimum atomic E-state index is -0.472. The first kappa shape index (κ1) is 18.2. The van der Waals surface area contributed by atoms with Gasteiger partial charge >= 0.3 is 0 Å². The molecule has 1 N–H and O–H groups in total. The third-order valence-corrected chi connectivity index (χ3v) is 4.71. The van der Waals surface area contributed by atoms with Gasteiger partial charge in [0, 0.05) is 21.8 Å². The number of nitrogens with zero attached hydrogens (tertiary/aromatic N) is 3. The number of halogens is 2. The minimum Gasteiger partial charge on any atom is -0.454 e. The van der Waals surface area contributed by atoms with Gasteiger partial charge in [-0.3, -0.25) is 9.48 Å². The highest BCUT2D eigenvalue weighted by Crippen LogP contribution is 2.36. The van der Waals surface area contributed by atoms with Crippen LogP contribution < -0.4 is 14.9 Å². The first-order chi connectivity index (χ1) is 13.6. The highest BCUT2D eigenvalue weighted by molar-refractivity contribution is 9.10. The van der Waals surface area contributed by atoms with Gasteiger partial charge in [-0.15, -0.1) is 0 Å². The fourth-order valence-electron chi connectivity index (χ4n) is 2.62. The van der Waals surface area contributed by atoms with Crippen LogP contribution in [0, 0.1) is 5.82 Å². The average Bonchev–Trinajstić information content (AvgIpc) is 3.33. The van der Waals surface area contributed by atoms with Gasteiger partial charge in [0.25, 0.3) is 5.91 Å². The minimum absolute atomic E-state index is 0.175. The van der Waals surface area contributed by atoms with Crippen LogP contribution in [0.15, 0.2) is 58.2 Å². The second-order valence-corrected chi connectivity index (χ2v) is 6.77. The molecule has 0 atom stereocenters. The van der Waals surface area contributed by atoms with E-state index in [9.17, 15) is 9.18 Å². The molecule has 0 bridgehead atoms. The summed E-state index contributed by atoms with van der Waals surface area (Å²) in [4.78, 5) is 12.2. The number of fused-ring (bicyclic) bond motifs is 1. The third-order valence-electron chi connectivity index (χ3n) is 4.03. The van der Waals surface area contributed by atoms with Gasteiger partial charge in [0.15, 0.2) is 17.2 Å². The molecule has 142 valence electrons. The molecule has 0 radical (unpaired) electrons. The van der Waals surface area contributed by atoms with Crippen molar-refractivity contribution in [2.75, 3.05) is 6.79 Å². The van der Waals surface area contributed by atoms with E-state index in [1.165, 1.54) is 17.0 Å². The summed E-state index contributed by atoms with van der Waals surface area (Å²) in [5.41, 5.74) is 3.80. The van der Waals surface area contributed by atoms with Crippen molar-refractivity contribution in [2.45, 2.75) is 6.54 Å². The lowest BCUT2D eigenvalue weighted by molar-refractivity contribution is 0.0949. The van der Waals surface area contributed by atoms with E-state index >= 15 is 0 Å². The van der Waals surface area contributed by atoms with Crippen molar-refractivity contribution in [1.29, 1.82) is 0 Å². The highest BCUT2D eigenvalue weighted by Gasteiger charge is 2.16. The summed E-state index contributed by atoms with van der Waals surface area (Å²) in [5.74, 6) is 0.472. The Morgan fingerprint density at radius 3 is 2.89 bits per heavy atom. The normalized spacial score (nSPS) is 12.5. The van der Waals surface area contributed by atoms with E-state index in [0.717, 1.165) is 10.0 Å². The average molecular weight is 445 g/mol. The number of carbonyl (C=O) groups is 1. The number of amides is 1. The van der Waals surface area contributed by atoms with Gasteiger partial charge < -0.3 is 9.47 Å². The number of nitrogens with one attached hydrogen (secondary N) is 1. The molecule has 7 nitrogen and oxygen atoms in total. The van der Waals surface area contributed by atoms with Gasteiger partial charge in [-0.25, -0.2) is 9.82 Å². The van der Waals surface area contributed by atoms with Gasteiger partial charge in [-0.1, -0.05) is 18.2 Å². The Hall–Kier alpha value is -3.20. The fourth-order valence-corrected chi connectivity index (χ4v) is 3.05. The zero-order valence-electron chi connectivity index (χ0n) is 14.4. The molecule has 1 amide bonds. The molecule has 1 aromatic heterocycles. The monoisotopic (exact) mass is 444 g/mol. The zero-order valence-corrected chi connectivity index (χ0v) is 16.0. The smallest absolute Gasteiger partial charge is 0.291 e. The molecule has 2 heterocycles. The van der Waals surface area contributed by atoms with Crippen LogP contribution in [0.3, 0.4) is 0 Å². The van der Waals surface area contributed by atoms with E-state index in [1.807, 2.05) is 0 Å². The molecule has 9 heteroatoms. The largest absolute Gasteiger partial charge is 0.454 e. The van der Waals surface area contributed by atoms with E-state index < -0.39 is 5.91 Å². The first-order valence-corrected chi connectivity index (χ1v) is 9.09. The number of benzene rings is 2. The molecule has 0 saturated heterocycles. The Balaban J connectivity index is 1.40. The van der Waals surface area contributed by atoms with Crippen molar-refractivity contribution >= 4 is 28.1 Å². The summed E-state index contributed by atoms with van der Waals surface area (Å²) in [6.07, 6.45) is 3.10. The quantitative estimate of drug-likeness (QED) is 0.483. The van der Waals surface area contributed by atoms with Crippen molar-refractivity contribution < 1.29 is 18.7 Å². The fraction of sp³-hybridized carbons (Fsp3) is 0.105. The van der Waals surface area contributed by atoms with Crippen LogP contribution in [0.1, 0.15) is 21.6 Å². The number of carbonyl (C=O) groups excluding carboxylic acids is 1. The van der Waals surface area contributed by atoms with Crippen LogP contribution in [0.5, 0.6) is 11.5 Å². The third kappa shape index (κ3) is 3.89. The standard InChI is InChI=1S/C19H14BrFN4O3/c20-14-8-18-17(27-11-28-18)7-13(14)9-22-23-19(26)16-5-6-25(24-16)10-12-3-1-2-4-15(12)21/h1-9H,10-11H2,(H,23,26)/b22-9-. The molecular formula is C19H14BrFN4O3. The predicted molar refractivity (Wildman–Crippen MR) is 103 cm³/mol. The van der Waals surface area contributed by atoms with E-state index in [2.05, 4.69) is 31.6 Å². The Morgan fingerprint density at radius 2 is 2.07 bits per heavy atom. The molecule has 3 aromatic rings. The number of rotatable bonds is 5. The molecule has 1 aliphatic heterocycles. The second-order valence-electron chi connectivity index (χ2n) is 5.92. The van der Waals surface area contributed by atoms with Crippen molar-refractivity contribution in [3.05, 3.63) is 75.8 Å². The maximum Gasteiger partial charge on any atom is 0.291 e. The summed E-state index contributed by atoms with van der Waals surface area (Å²) >= 11 is 3.42. The maximum atomic E-state index is 13.7. The van der Waals surface area contributed by atoms with Gasteiger partial charge in [0.05, 0.1) is 12.8 Å². The Morgan fingerprint density at radius 1 is 1.29 bits per heavy atom. The molecule has 28 heavy (non-hydrogen) atoms. The van der Waals surface area contributed by atoms with Crippen molar-refractivity contribution in [3.63, 3.8) is 0 Å². The number of ether oxygens (including phenoxy) is 2. The van der Waals surface area contributed by atoms with Crippen LogP contribution in [0.2, 0.25) is 0 Å². The van der Waals surface area contributed by atoms with E-state index in [-0.39, 0.29) is 24.8 Å². The first-order valence-electron chi connectivity index (χ1n) is 8.29. The number of hydrazone groups is 1. The lowest BCUT2D eigenvalue weighted by atomic mass is 10.2. The Bertz CT molecular complexity index is 1070. The summed E-state index contributed by atoms with van der Waals surface area (Å²) < 4.78 is 26.6. The van der Waals surface area contributed by atoms with Crippen LogP contribution in [-0.4, -0.2) is 28.7 Å². The zero-order chi connectivity index (χ0) is 19.5. The molecule has 4 rings (SSSR count). The molecule has 0 aliphatic carbocycles. The lowest BCUT2D eigenvalue weighted by Crippen LogP contribution is -2.18. The van der Waals surface area contributed by atoms with E-state index in [0.29, 0.717) is 17.1 Å². The van der Waals surface area contributed by atoms with Crippen LogP contribution in [-0.2, 0) is 6.54 Å². The van der Waals surface area contributed by atoms with Crippen molar-refractivity contribution in [3.8, 4) is 11.5 Å². The number of hydrogen-bond donors (Lipinski definition) is 1. The number of aromatic nitrogens is 2. The van der Waals surface area contributed by atoms with Gasteiger partial charge in [0.2, 0.25) is 6.79 Å². The maximum absolute atomic E-state index is 13.7. The SMILES string of the molecule is O=C(N/N=C\c1cc2c(cc1Br)OCO2)c1ccn(Cc2ccccc2F)n1. The Labute approximate surface area is 167 Å². The van der Waals surface area contributed by atoms with Gasteiger partial charge in [0.1, 0.15) is 5.82 Å². The van der Waals surface area contributed by atoms with Crippen LogP contribution in [0.25, 0.3) is 0 Å². The molecule has 0 saturated carbocycles. The second kappa shape index (κ2) is 7.81. The molecule has 0 fully saturated rings. The summed E-state index contributed by atoms with van der Waals surface area (Å²) in [5, 5.41) is 8.11. The molecular weight excluding hydrogens is 431 g/mol.